The van der Waals surface area contributed by atoms with Gasteiger partial charge in [0.15, 0.2) is 5.78 Å². The Bertz CT molecular complexity index is 1520. The summed E-state index contributed by atoms with van der Waals surface area (Å²) in [6, 6.07) is 31.5. The monoisotopic (exact) mass is 518 g/mol. The van der Waals surface area contributed by atoms with Gasteiger partial charge >= 0.3 is 0 Å². The lowest BCUT2D eigenvalue weighted by atomic mass is 9.69. The summed E-state index contributed by atoms with van der Waals surface area (Å²) in [6.45, 7) is 4.27. The van der Waals surface area contributed by atoms with Crippen LogP contribution in [0, 0.1) is 17.7 Å². The highest BCUT2D eigenvalue weighted by atomic mass is 19.1. The van der Waals surface area contributed by atoms with E-state index in [4.69, 9.17) is 0 Å². The molecule has 0 saturated carbocycles. The third kappa shape index (κ3) is 4.27. The van der Waals surface area contributed by atoms with E-state index in [-0.39, 0.29) is 29.5 Å². The molecule has 5 heteroatoms. The lowest BCUT2D eigenvalue weighted by Gasteiger charge is -2.31. The number of benzene rings is 4. The summed E-state index contributed by atoms with van der Waals surface area (Å²) in [5, 5.41) is 6.72. The van der Waals surface area contributed by atoms with Gasteiger partial charge in [-0.2, -0.15) is 0 Å². The number of rotatable bonds is 6. The number of fused-ring (bicyclic) bond motifs is 2. The average molecular weight is 519 g/mol. The average Bonchev–Trinajstić information content (AvgIpc) is 3.43. The fourth-order valence-electron chi connectivity index (χ4n) is 6.52. The van der Waals surface area contributed by atoms with Crippen molar-refractivity contribution in [3.8, 4) is 11.1 Å². The normalized spacial score (nSPS) is 23.7. The number of amides is 1. The second-order valence-corrected chi connectivity index (χ2v) is 11.1. The molecule has 0 radical (unpaired) electrons. The first-order valence-electron chi connectivity index (χ1n) is 13.5. The topological polar surface area (TPSA) is 58.2 Å². The minimum Gasteiger partial charge on any atom is -0.324 e. The van der Waals surface area contributed by atoms with Crippen LogP contribution in [0.5, 0.6) is 0 Å². The van der Waals surface area contributed by atoms with E-state index in [0.717, 1.165) is 34.4 Å². The van der Waals surface area contributed by atoms with Crippen LogP contribution in [-0.2, 0) is 10.3 Å². The quantitative estimate of drug-likeness (QED) is 0.272. The van der Waals surface area contributed by atoms with Crippen LogP contribution in [0.25, 0.3) is 11.1 Å². The summed E-state index contributed by atoms with van der Waals surface area (Å²) in [5.74, 6) is -1.38. The number of anilines is 1. The van der Waals surface area contributed by atoms with Gasteiger partial charge in [0.1, 0.15) is 11.4 Å². The molecule has 1 spiro atoms. The van der Waals surface area contributed by atoms with Crippen molar-refractivity contribution in [2.24, 2.45) is 11.8 Å². The Morgan fingerprint density at radius 2 is 1.49 bits per heavy atom. The minimum absolute atomic E-state index is 0.102. The van der Waals surface area contributed by atoms with Crippen LogP contribution in [0.4, 0.5) is 10.1 Å². The number of para-hydroxylation sites is 1. The number of hydrogen-bond donors (Lipinski definition) is 2. The summed E-state index contributed by atoms with van der Waals surface area (Å²) in [7, 11) is 0. The molecule has 1 saturated heterocycles. The SMILES string of the molecule is CC(C)CC1NC2(C(=O)Nc3ccccc32)C(C(=O)c2ccc(-c3ccccc3)cc2)C1c1ccc(F)cc1. The number of ketones is 1. The van der Waals surface area contributed by atoms with Crippen molar-refractivity contribution in [1.29, 1.82) is 0 Å². The van der Waals surface area contributed by atoms with Gasteiger partial charge in [0.2, 0.25) is 5.91 Å². The van der Waals surface area contributed by atoms with Gasteiger partial charge in [-0.1, -0.05) is 98.8 Å². The number of hydrogen-bond acceptors (Lipinski definition) is 3. The third-order valence-corrected chi connectivity index (χ3v) is 8.17. The molecule has 2 aliphatic rings. The molecule has 1 fully saturated rings. The van der Waals surface area contributed by atoms with Crippen molar-refractivity contribution in [1.82, 2.24) is 5.32 Å². The van der Waals surface area contributed by atoms with Crippen molar-refractivity contribution in [2.75, 3.05) is 5.32 Å². The molecule has 196 valence electrons. The Morgan fingerprint density at radius 3 is 2.18 bits per heavy atom. The smallest absolute Gasteiger partial charge is 0.250 e. The van der Waals surface area contributed by atoms with Crippen LogP contribution in [0.1, 0.15) is 47.7 Å². The second-order valence-electron chi connectivity index (χ2n) is 11.1. The van der Waals surface area contributed by atoms with E-state index >= 15 is 0 Å². The van der Waals surface area contributed by atoms with Gasteiger partial charge in [-0.15, -0.1) is 0 Å². The van der Waals surface area contributed by atoms with Crippen molar-refractivity contribution in [2.45, 2.75) is 37.8 Å². The molecule has 4 aromatic rings. The molecule has 2 aliphatic heterocycles. The first-order valence-corrected chi connectivity index (χ1v) is 13.5. The van der Waals surface area contributed by atoms with Crippen LogP contribution in [0.2, 0.25) is 0 Å². The second kappa shape index (κ2) is 9.90. The molecule has 0 aliphatic carbocycles. The lowest BCUT2D eigenvalue weighted by Crippen LogP contribution is -2.51. The van der Waals surface area contributed by atoms with Gasteiger partial charge in [0.25, 0.3) is 0 Å². The molecule has 2 N–H and O–H groups in total. The lowest BCUT2D eigenvalue weighted by molar-refractivity contribution is -0.122. The molecule has 1 amide bonds. The van der Waals surface area contributed by atoms with Crippen molar-refractivity contribution < 1.29 is 14.0 Å². The minimum atomic E-state index is -1.23. The predicted molar refractivity (Wildman–Crippen MR) is 152 cm³/mol. The summed E-state index contributed by atoms with van der Waals surface area (Å²) in [5.41, 5.74) is 3.76. The van der Waals surface area contributed by atoms with Crippen LogP contribution < -0.4 is 10.6 Å². The fraction of sp³-hybridized carbons (Fsp3) is 0.235. The van der Waals surface area contributed by atoms with E-state index in [2.05, 4.69) is 24.5 Å². The van der Waals surface area contributed by atoms with Crippen molar-refractivity contribution in [3.05, 3.63) is 126 Å². The van der Waals surface area contributed by atoms with Gasteiger partial charge < -0.3 is 5.32 Å². The summed E-state index contributed by atoms with van der Waals surface area (Å²) >= 11 is 0. The first-order chi connectivity index (χ1) is 18.9. The van der Waals surface area contributed by atoms with Gasteiger partial charge in [0, 0.05) is 28.8 Å². The highest BCUT2D eigenvalue weighted by Gasteiger charge is 2.64. The third-order valence-electron chi connectivity index (χ3n) is 8.17. The molecular formula is C34H31FN2O2. The molecule has 4 atom stereocenters. The largest absolute Gasteiger partial charge is 0.324 e. The zero-order valence-electron chi connectivity index (χ0n) is 22.0. The maximum absolute atomic E-state index is 14.6. The maximum Gasteiger partial charge on any atom is 0.250 e. The van der Waals surface area contributed by atoms with Gasteiger partial charge in [0.05, 0.1) is 5.92 Å². The maximum atomic E-state index is 14.6. The Morgan fingerprint density at radius 1 is 0.846 bits per heavy atom. The van der Waals surface area contributed by atoms with E-state index in [1.54, 1.807) is 12.1 Å². The molecule has 2 heterocycles. The van der Waals surface area contributed by atoms with Crippen LogP contribution in [-0.4, -0.2) is 17.7 Å². The van der Waals surface area contributed by atoms with E-state index in [1.165, 1.54) is 12.1 Å². The number of nitrogens with one attached hydrogen (secondary N) is 2. The van der Waals surface area contributed by atoms with Crippen LogP contribution in [0.3, 0.4) is 0 Å². The molecule has 4 unspecified atom stereocenters. The Balaban J connectivity index is 1.50. The molecule has 4 aromatic carbocycles. The van der Waals surface area contributed by atoms with E-state index in [1.807, 2.05) is 78.9 Å². The first kappa shape index (κ1) is 25.2. The molecule has 0 aromatic heterocycles. The Kier molecular flexibility index (Phi) is 6.40. The zero-order chi connectivity index (χ0) is 27.1. The molecule has 39 heavy (non-hydrogen) atoms. The van der Waals surface area contributed by atoms with Crippen molar-refractivity contribution in [3.63, 3.8) is 0 Å². The van der Waals surface area contributed by atoms with Gasteiger partial charge in [-0.05, 0) is 47.2 Å². The fourth-order valence-corrected chi connectivity index (χ4v) is 6.52. The number of halogens is 1. The standard InChI is InChI=1S/C34H31FN2O2/c1-21(2)20-29-30(24-16-18-26(35)19-17-24)31(34(37-29)27-10-6-7-11-28(27)36-33(34)39)32(38)25-14-12-23(13-15-25)22-8-4-3-5-9-22/h3-19,21,29-31,37H,20H2,1-2H3,(H,36,39). The molecular weight excluding hydrogens is 487 g/mol. The Labute approximate surface area is 228 Å². The number of carbonyl (C=O) groups is 2. The highest BCUT2D eigenvalue weighted by Crippen LogP contribution is 2.54. The van der Waals surface area contributed by atoms with E-state index < -0.39 is 11.5 Å². The Hall–Kier alpha value is -4.09. The summed E-state index contributed by atoms with van der Waals surface area (Å²) in [6.07, 6.45) is 0.760. The molecule has 4 nitrogen and oxygen atoms in total. The molecule has 6 rings (SSSR count). The summed E-state index contributed by atoms with van der Waals surface area (Å²) < 4.78 is 14.0. The van der Waals surface area contributed by atoms with Gasteiger partial charge in [-0.3, -0.25) is 14.9 Å². The van der Waals surface area contributed by atoms with Gasteiger partial charge in [-0.25, -0.2) is 4.39 Å². The van der Waals surface area contributed by atoms with Crippen LogP contribution >= 0.6 is 0 Å². The van der Waals surface area contributed by atoms with E-state index in [0.29, 0.717) is 11.5 Å². The number of Topliss-reactive ketones (excluding diaryl/α,β-unsaturated/α-hetero) is 1. The zero-order valence-corrected chi connectivity index (χ0v) is 22.0. The molecule has 0 bridgehead atoms. The predicted octanol–water partition coefficient (Wildman–Crippen LogP) is 6.94. The highest BCUT2D eigenvalue weighted by molar-refractivity contribution is 6.12. The number of carbonyl (C=O) groups excluding carboxylic acids is 2. The van der Waals surface area contributed by atoms with Crippen LogP contribution in [0.15, 0.2) is 103 Å². The summed E-state index contributed by atoms with van der Waals surface area (Å²) in [4.78, 5) is 28.5. The van der Waals surface area contributed by atoms with Crippen molar-refractivity contribution >= 4 is 17.4 Å². The van der Waals surface area contributed by atoms with E-state index in [9.17, 15) is 14.0 Å².